The Morgan fingerprint density at radius 3 is 2.18 bits per heavy atom. The summed E-state index contributed by atoms with van der Waals surface area (Å²) < 4.78 is 0. The third-order valence-electron chi connectivity index (χ3n) is 2.55. The molecule has 5 nitrogen and oxygen atoms in total. The van der Waals surface area contributed by atoms with Crippen molar-refractivity contribution in [2.75, 3.05) is 25.6 Å². The molecular formula is C11H22N2O3S. The standard InChI is InChI=1S/C11H22N2O3S/c1-8(2)13(6-10(14)15)11(16)12(4)9(3)7-17-5/h8-9H,6-7H2,1-5H3,(H,14,15). The van der Waals surface area contributed by atoms with E-state index in [9.17, 15) is 9.59 Å². The highest BCUT2D eigenvalue weighted by Crippen LogP contribution is 2.09. The number of rotatable bonds is 6. The Morgan fingerprint density at radius 2 is 1.82 bits per heavy atom. The van der Waals surface area contributed by atoms with E-state index in [-0.39, 0.29) is 24.7 Å². The molecule has 0 fully saturated rings. The molecule has 2 amide bonds. The molecule has 1 unspecified atom stereocenters. The van der Waals surface area contributed by atoms with Crippen LogP contribution in [0.5, 0.6) is 0 Å². The van der Waals surface area contributed by atoms with Crippen LogP contribution in [0.2, 0.25) is 0 Å². The summed E-state index contributed by atoms with van der Waals surface area (Å²) in [5, 5.41) is 8.79. The van der Waals surface area contributed by atoms with Gasteiger partial charge in [-0.3, -0.25) is 4.79 Å². The lowest BCUT2D eigenvalue weighted by molar-refractivity contribution is -0.138. The van der Waals surface area contributed by atoms with Crippen LogP contribution in [-0.4, -0.2) is 64.6 Å². The van der Waals surface area contributed by atoms with Gasteiger partial charge in [0, 0.05) is 24.9 Å². The number of hydrogen-bond acceptors (Lipinski definition) is 3. The van der Waals surface area contributed by atoms with Crippen molar-refractivity contribution in [2.24, 2.45) is 0 Å². The zero-order valence-corrected chi connectivity index (χ0v) is 12.0. The minimum atomic E-state index is -0.988. The molecule has 0 rings (SSSR count). The average Bonchev–Trinajstić information content (AvgIpc) is 2.23. The van der Waals surface area contributed by atoms with Crippen molar-refractivity contribution in [3.63, 3.8) is 0 Å². The predicted octanol–water partition coefficient (Wildman–Crippen LogP) is 1.58. The van der Waals surface area contributed by atoms with Crippen LogP contribution in [-0.2, 0) is 4.79 Å². The summed E-state index contributed by atoms with van der Waals surface area (Å²) in [6, 6.07) is -0.265. The molecule has 0 aliphatic rings. The fourth-order valence-corrected chi connectivity index (χ4v) is 2.07. The van der Waals surface area contributed by atoms with Gasteiger partial charge in [-0.1, -0.05) is 0 Å². The second-order valence-corrected chi connectivity index (χ2v) is 5.22. The van der Waals surface area contributed by atoms with Gasteiger partial charge in [0.25, 0.3) is 0 Å². The van der Waals surface area contributed by atoms with Crippen molar-refractivity contribution in [3.05, 3.63) is 0 Å². The highest BCUT2D eigenvalue weighted by molar-refractivity contribution is 7.98. The number of amides is 2. The van der Waals surface area contributed by atoms with Gasteiger partial charge in [0.1, 0.15) is 6.54 Å². The number of urea groups is 1. The minimum Gasteiger partial charge on any atom is -0.480 e. The molecule has 1 atom stereocenters. The first-order valence-corrected chi connectivity index (χ1v) is 6.94. The van der Waals surface area contributed by atoms with Crippen molar-refractivity contribution >= 4 is 23.8 Å². The number of carbonyl (C=O) groups is 2. The minimum absolute atomic E-state index is 0.0903. The second-order valence-electron chi connectivity index (χ2n) is 4.31. The molecule has 1 N–H and O–H groups in total. The van der Waals surface area contributed by atoms with Gasteiger partial charge in [-0.2, -0.15) is 11.8 Å². The first-order valence-electron chi connectivity index (χ1n) is 5.55. The second kappa shape index (κ2) is 7.42. The number of aliphatic carboxylic acids is 1. The summed E-state index contributed by atoms with van der Waals surface area (Å²) in [5.41, 5.74) is 0. The topological polar surface area (TPSA) is 60.9 Å². The Balaban J connectivity index is 4.65. The Labute approximate surface area is 107 Å². The van der Waals surface area contributed by atoms with E-state index in [1.807, 2.05) is 27.0 Å². The van der Waals surface area contributed by atoms with E-state index in [0.29, 0.717) is 0 Å². The fraction of sp³-hybridized carbons (Fsp3) is 0.818. The molecular weight excluding hydrogens is 240 g/mol. The van der Waals surface area contributed by atoms with Crippen LogP contribution in [0.25, 0.3) is 0 Å². The van der Waals surface area contributed by atoms with E-state index in [1.165, 1.54) is 4.90 Å². The summed E-state index contributed by atoms with van der Waals surface area (Å²) in [6.45, 7) is 5.32. The van der Waals surface area contributed by atoms with Crippen molar-refractivity contribution in [2.45, 2.75) is 32.9 Å². The monoisotopic (exact) mass is 262 g/mol. The number of carboxylic acid groups (broad SMARTS) is 1. The van der Waals surface area contributed by atoms with E-state index in [4.69, 9.17) is 5.11 Å². The van der Waals surface area contributed by atoms with Crippen LogP contribution in [0.15, 0.2) is 0 Å². The highest BCUT2D eigenvalue weighted by Gasteiger charge is 2.25. The number of carbonyl (C=O) groups excluding carboxylic acids is 1. The molecule has 0 radical (unpaired) electrons. The summed E-state index contributed by atoms with van der Waals surface area (Å²) in [7, 11) is 1.71. The quantitative estimate of drug-likeness (QED) is 0.789. The van der Waals surface area contributed by atoms with Crippen molar-refractivity contribution in [3.8, 4) is 0 Å². The van der Waals surface area contributed by atoms with Gasteiger partial charge < -0.3 is 14.9 Å². The molecule has 0 bridgehead atoms. The lowest BCUT2D eigenvalue weighted by Gasteiger charge is -2.33. The molecule has 0 spiro atoms. The Hall–Kier alpha value is -0.910. The molecule has 0 heterocycles. The van der Waals surface area contributed by atoms with Gasteiger partial charge in [0.15, 0.2) is 0 Å². The summed E-state index contributed by atoms with van der Waals surface area (Å²) >= 11 is 1.66. The Kier molecular flexibility index (Phi) is 7.03. The zero-order valence-electron chi connectivity index (χ0n) is 11.1. The lowest BCUT2D eigenvalue weighted by Crippen LogP contribution is -2.50. The van der Waals surface area contributed by atoms with E-state index in [1.54, 1.807) is 23.7 Å². The zero-order chi connectivity index (χ0) is 13.6. The Morgan fingerprint density at radius 1 is 1.29 bits per heavy atom. The summed E-state index contributed by atoms with van der Waals surface area (Å²) in [6.07, 6.45) is 1.98. The number of thioether (sulfide) groups is 1. The molecule has 17 heavy (non-hydrogen) atoms. The van der Waals surface area contributed by atoms with Crippen LogP contribution in [0.4, 0.5) is 4.79 Å². The molecule has 0 aromatic rings. The van der Waals surface area contributed by atoms with Crippen molar-refractivity contribution in [1.82, 2.24) is 9.80 Å². The van der Waals surface area contributed by atoms with Gasteiger partial charge >= 0.3 is 12.0 Å². The molecule has 0 aromatic heterocycles. The largest absolute Gasteiger partial charge is 0.480 e. The molecule has 6 heteroatoms. The van der Waals surface area contributed by atoms with Gasteiger partial charge in [-0.25, -0.2) is 4.79 Å². The van der Waals surface area contributed by atoms with E-state index in [0.717, 1.165) is 5.75 Å². The maximum atomic E-state index is 12.1. The van der Waals surface area contributed by atoms with Crippen molar-refractivity contribution in [1.29, 1.82) is 0 Å². The van der Waals surface area contributed by atoms with Crippen LogP contribution >= 0.6 is 11.8 Å². The smallest absolute Gasteiger partial charge is 0.323 e. The van der Waals surface area contributed by atoms with E-state index >= 15 is 0 Å². The molecule has 0 aromatic carbocycles. The van der Waals surface area contributed by atoms with Gasteiger partial charge in [-0.15, -0.1) is 0 Å². The molecule has 0 aliphatic heterocycles. The van der Waals surface area contributed by atoms with E-state index < -0.39 is 5.97 Å². The van der Waals surface area contributed by atoms with Gasteiger partial charge in [0.05, 0.1) is 0 Å². The number of nitrogens with zero attached hydrogens (tertiary/aromatic N) is 2. The molecule has 100 valence electrons. The number of carboxylic acids is 1. The predicted molar refractivity (Wildman–Crippen MR) is 70.5 cm³/mol. The van der Waals surface area contributed by atoms with E-state index in [2.05, 4.69) is 0 Å². The lowest BCUT2D eigenvalue weighted by atomic mass is 10.3. The van der Waals surface area contributed by atoms with Gasteiger partial charge in [0.2, 0.25) is 0 Å². The highest BCUT2D eigenvalue weighted by atomic mass is 32.2. The molecule has 0 aliphatic carbocycles. The number of hydrogen-bond donors (Lipinski definition) is 1. The third kappa shape index (κ3) is 5.30. The SMILES string of the molecule is CSCC(C)N(C)C(=O)N(CC(=O)O)C(C)C. The van der Waals surface area contributed by atoms with Crippen LogP contribution in [0.1, 0.15) is 20.8 Å². The summed E-state index contributed by atoms with van der Waals surface area (Å²) in [4.78, 5) is 25.8. The normalized spacial score (nSPS) is 12.4. The first kappa shape index (κ1) is 16.1. The fourth-order valence-electron chi connectivity index (χ4n) is 1.36. The van der Waals surface area contributed by atoms with Crippen LogP contribution in [0, 0.1) is 0 Å². The van der Waals surface area contributed by atoms with Gasteiger partial charge in [-0.05, 0) is 27.0 Å². The van der Waals surface area contributed by atoms with Crippen LogP contribution < -0.4 is 0 Å². The maximum absolute atomic E-state index is 12.1. The molecule has 0 saturated carbocycles. The third-order valence-corrected chi connectivity index (χ3v) is 3.36. The summed E-state index contributed by atoms with van der Waals surface area (Å²) in [5.74, 6) is -0.153. The van der Waals surface area contributed by atoms with Crippen molar-refractivity contribution < 1.29 is 14.7 Å². The Bertz CT molecular complexity index is 271. The maximum Gasteiger partial charge on any atom is 0.323 e. The van der Waals surface area contributed by atoms with Crippen LogP contribution in [0.3, 0.4) is 0 Å². The first-order chi connectivity index (χ1) is 7.81. The average molecular weight is 262 g/mol. The molecule has 0 saturated heterocycles.